The van der Waals surface area contributed by atoms with E-state index in [1.54, 1.807) is 24.2 Å². The van der Waals surface area contributed by atoms with Crippen molar-refractivity contribution >= 4 is 17.5 Å². The van der Waals surface area contributed by atoms with Crippen LogP contribution in [-0.2, 0) is 16.0 Å². The van der Waals surface area contributed by atoms with Crippen molar-refractivity contribution in [3.63, 3.8) is 0 Å². The molecule has 0 radical (unpaired) electrons. The number of para-hydroxylation sites is 1. The molecule has 1 aliphatic heterocycles. The third kappa shape index (κ3) is 4.53. The molecular formula is C22H23N5O3. The molecule has 8 heteroatoms. The largest absolute Gasteiger partial charge is 0.343 e. The molecule has 2 amide bonds. The molecule has 0 atom stereocenters. The van der Waals surface area contributed by atoms with E-state index < -0.39 is 0 Å². The lowest BCUT2D eigenvalue weighted by atomic mass is 9.95. The van der Waals surface area contributed by atoms with Crippen molar-refractivity contribution in [1.82, 2.24) is 20.0 Å². The van der Waals surface area contributed by atoms with Crippen LogP contribution in [0.25, 0.3) is 11.4 Å². The van der Waals surface area contributed by atoms with Crippen LogP contribution in [0.15, 0.2) is 53.3 Å². The molecule has 1 saturated heterocycles. The first-order valence-corrected chi connectivity index (χ1v) is 9.97. The normalized spacial score (nSPS) is 14.5. The molecule has 1 aliphatic rings. The van der Waals surface area contributed by atoms with Gasteiger partial charge in [0.15, 0.2) is 0 Å². The van der Waals surface area contributed by atoms with Crippen LogP contribution in [0.4, 0.5) is 5.69 Å². The maximum Gasteiger partial charge on any atom is 0.231 e. The smallest absolute Gasteiger partial charge is 0.231 e. The van der Waals surface area contributed by atoms with E-state index in [9.17, 15) is 9.59 Å². The zero-order valence-corrected chi connectivity index (χ0v) is 16.7. The van der Waals surface area contributed by atoms with Crippen molar-refractivity contribution in [3.05, 3.63) is 60.2 Å². The summed E-state index contributed by atoms with van der Waals surface area (Å²) in [6.07, 6.45) is 5.12. The number of rotatable bonds is 5. The summed E-state index contributed by atoms with van der Waals surface area (Å²) in [6.45, 7) is 2.80. The topological polar surface area (TPSA) is 101 Å². The quantitative estimate of drug-likeness (QED) is 0.700. The van der Waals surface area contributed by atoms with Crippen molar-refractivity contribution < 1.29 is 14.1 Å². The Kier molecular flexibility index (Phi) is 5.83. The van der Waals surface area contributed by atoms with Crippen LogP contribution in [0.2, 0.25) is 0 Å². The van der Waals surface area contributed by atoms with Crippen molar-refractivity contribution in [2.24, 2.45) is 5.92 Å². The van der Waals surface area contributed by atoms with Gasteiger partial charge in [-0.05, 0) is 36.6 Å². The number of anilines is 1. The van der Waals surface area contributed by atoms with Crippen molar-refractivity contribution in [2.75, 3.05) is 18.4 Å². The third-order valence-corrected chi connectivity index (χ3v) is 5.33. The third-order valence-electron chi connectivity index (χ3n) is 5.33. The average Bonchev–Trinajstić information content (AvgIpc) is 3.24. The van der Waals surface area contributed by atoms with E-state index in [1.165, 1.54) is 0 Å². The zero-order valence-electron chi connectivity index (χ0n) is 16.7. The number of benzene rings is 1. The van der Waals surface area contributed by atoms with Gasteiger partial charge in [0, 0.05) is 49.6 Å². The first kappa shape index (κ1) is 19.8. The number of hydrogen-bond donors (Lipinski definition) is 1. The van der Waals surface area contributed by atoms with Gasteiger partial charge in [-0.25, -0.2) is 0 Å². The van der Waals surface area contributed by atoms with Gasteiger partial charge in [-0.2, -0.15) is 4.98 Å². The zero-order chi connectivity index (χ0) is 20.9. The Bertz CT molecular complexity index is 1030. The Hall–Kier alpha value is -3.55. The second-order valence-electron chi connectivity index (χ2n) is 7.35. The highest BCUT2D eigenvalue weighted by atomic mass is 16.5. The monoisotopic (exact) mass is 405 g/mol. The number of likely N-dealkylation sites (tertiary alicyclic amines) is 1. The van der Waals surface area contributed by atoms with Gasteiger partial charge in [0.2, 0.25) is 23.5 Å². The molecule has 0 bridgehead atoms. The number of pyridine rings is 1. The van der Waals surface area contributed by atoms with Gasteiger partial charge < -0.3 is 14.7 Å². The molecule has 0 spiro atoms. The van der Waals surface area contributed by atoms with Gasteiger partial charge in [-0.1, -0.05) is 23.4 Å². The minimum absolute atomic E-state index is 0.0198. The molecule has 1 aromatic carbocycles. The van der Waals surface area contributed by atoms with Gasteiger partial charge in [-0.3, -0.25) is 14.6 Å². The van der Waals surface area contributed by atoms with Gasteiger partial charge in [-0.15, -0.1) is 0 Å². The highest BCUT2D eigenvalue weighted by Crippen LogP contribution is 2.24. The molecular weight excluding hydrogens is 382 g/mol. The SMILES string of the molecule is CC(=O)N1CCC(C(=O)Nc2ccccc2Cc2nc(-c3ccncc3)no2)CC1. The number of carbonyl (C=O) groups excluding carboxylic acids is 2. The summed E-state index contributed by atoms with van der Waals surface area (Å²) in [5, 5.41) is 7.08. The second-order valence-corrected chi connectivity index (χ2v) is 7.35. The Morgan fingerprint density at radius 2 is 1.87 bits per heavy atom. The minimum Gasteiger partial charge on any atom is -0.343 e. The number of carbonyl (C=O) groups is 2. The summed E-state index contributed by atoms with van der Waals surface area (Å²) in [5.74, 6) is 0.915. The Morgan fingerprint density at radius 3 is 2.60 bits per heavy atom. The van der Waals surface area contributed by atoms with Crippen LogP contribution >= 0.6 is 0 Å². The van der Waals surface area contributed by atoms with Gasteiger partial charge in [0.05, 0.1) is 6.42 Å². The molecule has 0 aliphatic carbocycles. The highest BCUT2D eigenvalue weighted by molar-refractivity contribution is 5.93. The van der Waals surface area contributed by atoms with E-state index in [0.717, 1.165) is 16.8 Å². The fraction of sp³-hybridized carbons (Fsp3) is 0.318. The summed E-state index contributed by atoms with van der Waals surface area (Å²) >= 11 is 0. The fourth-order valence-corrected chi connectivity index (χ4v) is 3.60. The molecule has 0 unspecified atom stereocenters. The summed E-state index contributed by atoms with van der Waals surface area (Å²) in [6, 6.07) is 11.2. The van der Waals surface area contributed by atoms with E-state index in [-0.39, 0.29) is 17.7 Å². The number of piperidine rings is 1. The van der Waals surface area contributed by atoms with Crippen LogP contribution in [0.5, 0.6) is 0 Å². The summed E-state index contributed by atoms with van der Waals surface area (Å²) in [5.41, 5.74) is 2.47. The van der Waals surface area contributed by atoms with Crippen molar-refractivity contribution in [3.8, 4) is 11.4 Å². The lowest BCUT2D eigenvalue weighted by Crippen LogP contribution is -2.40. The second kappa shape index (κ2) is 8.86. The van der Waals surface area contributed by atoms with Gasteiger partial charge in [0.1, 0.15) is 0 Å². The molecule has 1 N–H and O–H groups in total. The van der Waals surface area contributed by atoms with Gasteiger partial charge >= 0.3 is 0 Å². The maximum absolute atomic E-state index is 12.8. The molecule has 0 saturated carbocycles. The number of amides is 2. The maximum atomic E-state index is 12.8. The predicted molar refractivity (Wildman–Crippen MR) is 110 cm³/mol. The van der Waals surface area contributed by atoms with E-state index >= 15 is 0 Å². The van der Waals surface area contributed by atoms with Crippen LogP contribution < -0.4 is 5.32 Å². The minimum atomic E-state index is -0.102. The van der Waals surface area contributed by atoms with E-state index in [2.05, 4.69) is 20.4 Å². The summed E-state index contributed by atoms with van der Waals surface area (Å²) in [4.78, 5) is 34.5. The first-order chi connectivity index (χ1) is 14.6. The Balaban J connectivity index is 1.43. The summed E-state index contributed by atoms with van der Waals surface area (Å²) < 4.78 is 5.40. The Labute approximate surface area is 174 Å². The molecule has 4 rings (SSSR count). The first-order valence-electron chi connectivity index (χ1n) is 9.97. The lowest BCUT2D eigenvalue weighted by molar-refractivity contribution is -0.132. The van der Waals surface area contributed by atoms with Crippen LogP contribution in [0, 0.1) is 5.92 Å². The molecule has 2 aromatic heterocycles. The molecule has 3 aromatic rings. The molecule has 8 nitrogen and oxygen atoms in total. The number of aromatic nitrogens is 3. The van der Waals surface area contributed by atoms with Crippen LogP contribution in [0.3, 0.4) is 0 Å². The lowest BCUT2D eigenvalue weighted by Gasteiger charge is -2.30. The van der Waals surface area contributed by atoms with Crippen molar-refractivity contribution in [2.45, 2.75) is 26.2 Å². The fourth-order valence-electron chi connectivity index (χ4n) is 3.60. The van der Waals surface area contributed by atoms with E-state index in [1.807, 2.05) is 36.4 Å². The number of hydrogen-bond acceptors (Lipinski definition) is 6. The molecule has 3 heterocycles. The number of nitrogens with zero attached hydrogens (tertiary/aromatic N) is 4. The van der Waals surface area contributed by atoms with E-state index in [0.29, 0.717) is 44.1 Å². The van der Waals surface area contributed by atoms with Crippen LogP contribution in [0.1, 0.15) is 31.2 Å². The molecule has 30 heavy (non-hydrogen) atoms. The van der Waals surface area contributed by atoms with E-state index in [4.69, 9.17) is 4.52 Å². The Morgan fingerprint density at radius 1 is 1.13 bits per heavy atom. The average molecular weight is 405 g/mol. The standard InChI is InChI=1S/C22H23N5O3/c1-15(28)27-12-8-17(9-13-27)22(29)24-19-5-3-2-4-18(19)14-20-25-21(26-30-20)16-6-10-23-11-7-16/h2-7,10-11,17H,8-9,12-14H2,1H3,(H,24,29). The van der Waals surface area contributed by atoms with Crippen molar-refractivity contribution in [1.29, 1.82) is 0 Å². The highest BCUT2D eigenvalue weighted by Gasteiger charge is 2.26. The predicted octanol–water partition coefficient (Wildman–Crippen LogP) is 2.92. The van der Waals surface area contributed by atoms with Gasteiger partial charge in [0.25, 0.3) is 0 Å². The molecule has 154 valence electrons. The van der Waals surface area contributed by atoms with Crippen LogP contribution in [-0.4, -0.2) is 44.9 Å². The summed E-state index contributed by atoms with van der Waals surface area (Å²) in [7, 11) is 0. The molecule has 1 fully saturated rings. The number of nitrogens with one attached hydrogen (secondary N) is 1.